The molecule has 0 saturated heterocycles. The van der Waals surface area contributed by atoms with Gasteiger partial charge in [-0.3, -0.25) is 0 Å². The smallest absolute Gasteiger partial charge is 0.262 e. The van der Waals surface area contributed by atoms with Crippen molar-refractivity contribution in [1.82, 2.24) is 10.1 Å². The molecule has 12 heavy (non-hydrogen) atoms. The summed E-state index contributed by atoms with van der Waals surface area (Å²) < 4.78 is 10.4. The van der Waals surface area contributed by atoms with Crippen LogP contribution in [0, 0.1) is 6.92 Å². The first-order valence-corrected chi connectivity index (χ1v) is 4.10. The van der Waals surface area contributed by atoms with Gasteiger partial charge >= 0.3 is 0 Å². The molecule has 0 atom stereocenters. The Hall–Kier alpha value is -1.10. The number of halogens is 1. The standard InChI is InChI=1S/C7H5BrN2O2/c1-4-5(2-3-11-4)6-9-7(8)10-12-6/h2-3H,1H3. The molecule has 0 fully saturated rings. The molecule has 0 aliphatic carbocycles. The van der Waals surface area contributed by atoms with Crippen LogP contribution in [0.5, 0.6) is 0 Å². The molecule has 0 unspecified atom stereocenters. The van der Waals surface area contributed by atoms with Gasteiger partial charge in [0.25, 0.3) is 5.89 Å². The monoisotopic (exact) mass is 228 g/mol. The molecule has 0 bridgehead atoms. The zero-order valence-corrected chi connectivity index (χ0v) is 7.83. The van der Waals surface area contributed by atoms with Crippen molar-refractivity contribution in [3.63, 3.8) is 0 Å². The van der Waals surface area contributed by atoms with E-state index in [0.717, 1.165) is 11.3 Å². The molecule has 2 aromatic rings. The van der Waals surface area contributed by atoms with Gasteiger partial charge in [-0.1, -0.05) is 0 Å². The highest BCUT2D eigenvalue weighted by atomic mass is 79.9. The Morgan fingerprint density at radius 1 is 1.50 bits per heavy atom. The normalized spacial score (nSPS) is 10.5. The zero-order valence-electron chi connectivity index (χ0n) is 6.24. The molecule has 0 aliphatic heterocycles. The van der Waals surface area contributed by atoms with Crippen LogP contribution in [0.4, 0.5) is 0 Å². The van der Waals surface area contributed by atoms with E-state index in [2.05, 4.69) is 26.1 Å². The van der Waals surface area contributed by atoms with Gasteiger partial charge in [0, 0.05) is 0 Å². The molecule has 0 saturated carbocycles. The van der Waals surface area contributed by atoms with E-state index in [1.165, 1.54) is 0 Å². The largest absolute Gasteiger partial charge is 0.469 e. The lowest BCUT2D eigenvalue weighted by atomic mass is 10.3. The third-order valence-electron chi connectivity index (χ3n) is 1.49. The molecule has 2 heterocycles. The fourth-order valence-corrected chi connectivity index (χ4v) is 1.16. The second-order valence-corrected chi connectivity index (χ2v) is 2.97. The Balaban J connectivity index is 2.50. The zero-order chi connectivity index (χ0) is 8.55. The first-order chi connectivity index (χ1) is 5.77. The number of furan rings is 1. The molecule has 0 spiro atoms. The molecule has 62 valence electrons. The Labute approximate surface area is 76.7 Å². The summed E-state index contributed by atoms with van der Waals surface area (Å²) in [5.74, 6) is 1.24. The van der Waals surface area contributed by atoms with Gasteiger partial charge in [0.15, 0.2) is 0 Å². The topological polar surface area (TPSA) is 52.1 Å². The first kappa shape index (κ1) is 7.54. The predicted molar refractivity (Wildman–Crippen MR) is 44.4 cm³/mol. The molecule has 0 radical (unpaired) electrons. The minimum Gasteiger partial charge on any atom is -0.469 e. The third-order valence-corrected chi connectivity index (χ3v) is 1.81. The molecule has 0 aliphatic rings. The summed E-state index contributed by atoms with van der Waals surface area (Å²) in [5, 5.41) is 3.60. The van der Waals surface area contributed by atoms with Crippen molar-refractivity contribution >= 4 is 15.9 Å². The van der Waals surface area contributed by atoms with Crippen molar-refractivity contribution in [2.45, 2.75) is 6.92 Å². The second-order valence-electron chi connectivity index (χ2n) is 2.26. The number of aromatic nitrogens is 2. The Morgan fingerprint density at radius 3 is 2.83 bits per heavy atom. The van der Waals surface area contributed by atoms with Crippen LogP contribution in [-0.2, 0) is 0 Å². The van der Waals surface area contributed by atoms with E-state index >= 15 is 0 Å². The number of aryl methyl sites for hydroxylation is 1. The average molecular weight is 229 g/mol. The van der Waals surface area contributed by atoms with E-state index in [1.54, 1.807) is 12.3 Å². The van der Waals surface area contributed by atoms with Gasteiger partial charge in [0.2, 0.25) is 4.73 Å². The van der Waals surface area contributed by atoms with E-state index in [0.29, 0.717) is 10.6 Å². The maximum Gasteiger partial charge on any atom is 0.262 e. The third kappa shape index (κ3) is 1.16. The minimum absolute atomic E-state index is 0.443. The summed E-state index contributed by atoms with van der Waals surface area (Å²) in [5.41, 5.74) is 0.827. The van der Waals surface area contributed by atoms with Crippen LogP contribution in [0.1, 0.15) is 5.76 Å². The van der Waals surface area contributed by atoms with Crippen LogP contribution in [0.25, 0.3) is 11.5 Å². The van der Waals surface area contributed by atoms with Gasteiger partial charge in [-0.05, 0) is 34.1 Å². The van der Waals surface area contributed by atoms with Crippen molar-refractivity contribution in [2.24, 2.45) is 0 Å². The summed E-state index contributed by atoms with van der Waals surface area (Å²) in [4.78, 5) is 3.99. The van der Waals surface area contributed by atoms with Crippen LogP contribution in [0.3, 0.4) is 0 Å². The molecular formula is C7H5BrN2O2. The summed E-state index contributed by atoms with van der Waals surface area (Å²) >= 11 is 3.10. The molecule has 5 heteroatoms. The van der Waals surface area contributed by atoms with Crippen LogP contribution in [0.2, 0.25) is 0 Å². The fourth-order valence-electron chi connectivity index (χ4n) is 0.922. The van der Waals surface area contributed by atoms with E-state index in [1.807, 2.05) is 6.92 Å². The van der Waals surface area contributed by atoms with Crippen molar-refractivity contribution in [2.75, 3.05) is 0 Å². The van der Waals surface area contributed by atoms with Crippen molar-refractivity contribution < 1.29 is 8.94 Å². The van der Waals surface area contributed by atoms with E-state index in [4.69, 9.17) is 8.94 Å². The summed E-state index contributed by atoms with van der Waals surface area (Å²) in [6.45, 7) is 1.84. The molecule has 2 rings (SSSR count). The molecule has 2 aromatic heterocycles. The lowest BCUT2D eigenvalue weighted by molar-refractivity contribution is 0.425. The Morgan fingerprint density at radius 2 is 2.33 bits per heavy atom. The predicted octanol–water partition coefficient (Wildman–Crippen LogP) is 2.40. The molecule has 4 nitrogen and oxygen atoms in total. The molecule has 0 amide bonds. The average Bonchev–Trinajstić information content (AvgIpc) is 2.58. The number of hydrogen-bond donors (Lipinski definition) is 0. The van der Waals surface area contributed by atoms with Crippen LogP contribution in [-0.4, -0.2) is 10.1 Å². The summed E-state index contributed by atoms with van der Waals surface area (Å²) in [7, 11) is 0. The highest BCUT2D eigenvalue weighted by Gasteiger charge is 2.11. The van der Waals surface area contributed by atoms with Gasteiger partial charge in [-0.25, -0.2) is 0 Å². The number of hydrogen-bond acceptors (Lipinski definition) is 4. The maximum absolute atomic E-state index is 5.09. The Kier molecular flexibility index (Phi) is 1.73. The lowest BCUT2D eigenvalue weighted by Gasteiger charge is -1.86. The van der Waals surface area contributed by atoms with Gasteiger partial charge in [-0.15, -0.1) is 0 Å². The minimum atomic E-state index is 0.443. The number of nitrogens with zero attached hydrogens (tertiary/aromatic N) is 2. The lowest BCUT2D eigenvalue weighted by Crippen LogP contribution is -1.75. The van der Waals surface area contributed by atoms with Crippen LogP contribution < -0.4 is 0 Å². The van der Waals surface area contributed by atoms with Crippen LogP contribution in [0.15, 0.2) is 26.0 Å². The Bertz CT molecular complexity index is 394. The van der Waals surface area contributed by atoms with Gasteiger partial charge in [0.05, 0.1) is 11.8 Å². The highest BCUT2D eigenvalue weighted by Crippen LogP contribution is 2.23. The van der Waals surface area contributed by atoms with E-state index < -0.39 is 0 Å². The summed E-state index contributed by atoms with van der Waals surface area (Å²) in [6, 6.07) is 1.79. The van der Waals surface area contributed by atoms with Crippen molar-refractivity contribution in [3.8, 4) is 11.5 Å². The van der Waals surface area contributed by atoms with Crippen LogP contribution >= 0.6 is 15.9 Å². The summed E-state index contributed by atoms with van der Waals surface area (Å²) in [6.07, 6.45) is 1.59. The van der Waals surface area contributed by atoms with Gasteiger partial charge in [0.1, 0.15) is 5.76 Å². The van der Waals surface area contributed by atoms with E-state index in [9.17, 15) is 0 Å². The molecular weight excluding hydrogens is 224 g/mol. The highest BCUT2D eigenvalue weighted by molar-refractivity contribution is 9.10. The number of rotatable bonds is 1. The van der Waals surface area contributed by atoms with Gasteiger partial charge < -0.3 is 8.94 Å². The van der Waals surface area contributed by atoms with E-state index in [-0.39, 0.29) is 0 Å². The molecule has 0 aromatic carbocycles. The maximum atomic E-state index is 5.09. The van der Waals surface area contributed by atoms with Gasteiger partial charge in [-0.2, -0.15) is 4.98 Å². The SMILES string of the molecule is Cc1occc1-c1nc(Br)no1. The first-order valence-electron chi connectivity index (χ1n) is 3.31. The molecule has 0 N–H and O–H groups in total. The second kappa shape index (κ2) is 2.75. The fraction of sp³-hybridized carbons (Fsp3) is 0.143. The van der Waals surface area contributed by atoms with Crippen molar-refractivity contribution in [3.05, 3.63) is 22.8 Å². The van der Waals surface area contributed by atoms with Crippen molar-refractivity contribution in [1.29, 1.82) is 0 Å². The quantitative estimate of drug-likeness (QED) is 0.753.